The Morgan fingerprint density at radius 1 is 1.37 bits per heavy atom. The van der Waals surface area contributed by atoms with Crippen molar-refractivity contribution in [1.82, 2.24) is 0 Å². The topological polar surface area (TPSA) is 26.3 Å². The van der Waals surface area contributed by atoms with E-state index in [2.05, 4.69) is 6.58 Å². The van der Waals surface area contributed by atoms with Gasteiger partial charge in [-0.05, 0) is 36.6 Å². The summed E-state index contributed by atoms with van der Waals surface area (Å²) in [5.41, 5.74) is 1.28. The van der Waals surface area contributed by atoms with Crippen LogP contribution in [0.25, 0.3) is 6.08 Å². The van der Waals surface area contributed by atoms with Gasteiger partial charge in [0.15, 0.2) is 5.76 Å². The van der Waals surface area contributed by atoms with Crippen LogP contribution in [0.5, 0.6) is 0 Å². The summed E-state index contributed by atoms with van der Waals surface area (Å²) in [6.45, 7) is 9.79. The third-order valence-electron chi connectivity index (χ3n) is 2.46. The number of rotatable bonds is 6. The summed E-state index contributed by atoms with van der Waals surface area (Å²) in [7, 11) is 0. The molecule has 0 aliphatic heterocycles. The van der Waals surface area contributed by atoms with E-state index < -0.39 is 0 Å². The van der Waals surface area contributed by atoms with E-state index in [9.17, 15) is 9.18 Å². The molecular weight excluding hydrogens is 243 g/mol. The number of Topliss-reactive ketones (excluding diaryl/α,β-unsaturated/α-hetero) is 1. The molecule has 0 atom stereocenters. The zero-order valence-electron chi connectivity index (χ0n) is 11.6. The van der Waals surface area contributed by atoms with Crippen molar-refractivity contribution < 1.29 is 13.9 Å². The molecule has 0 spiro atoms. The molecule has 0 aliphatic carbocycles. The van der Waals surface area contributed by atoms with Gasteiger partial charge in [-0.25, -0.2) is 4.39 Å². The van der Waals surface area contributed by atoms with E-state index in [1.54, 1.807) is 25.1 Å². The van der Waals surface area contributed by atoms with Gasteiger partial charge in [0.05, 0.1) is 6.61 Å². The normalized spacial score (nSPS) is 11.5. The van der Waals surface area contributed by atoms with Crippen molar-refractivity contribution in [2.75, 3.05) is 6.61 Å². The van der Waals surface area contributed by atoms with E-state index in [4.69, 9.17) is 4.74 Å². The number of benzene rings is 1. The molecule has 19 heavy (non-hydrogen) atoms. The number of allylic oxidation sites excluding steroid dienone is 1. The third kappa shape index (κ3) is 5.08. The highest BCUT2D eigenvalue weighted by Gasteiger charge is 2.11. The largest absolute Gasteiger partial charge is 0.490 e. The maximum absolute atomic E-state index is 12.8. The van der Waals surface area contributed by atoms with Crippen molar-refractivity contribution in [2.45, 2.75) is 20.8 Å². The smallest absolute Gasteiger partial charge is 0.222 e. The number of ketones is 1. The van der Waals surface area contributed by atoms with Crippen molar-refractivity contribution in [2.24, 2.45) is 5.92 Å². The molecule has 0 aliphatic rings. The van der Waals surface area contributed by atoms with Crippen molar-refractivity contribution in [1.29, 1.82) is 0 Å². The van der Waals surface area contributed by atoms with Gasteiger partial charge in [0.2, 0.25) is 5.78 Å². The second kappa shape index (κ2) is 6.88. The minimum Gasteiger partial charge on any atom is -0.490 e. The number of ether oxygens (including phenoxy) is 1. The summed E-state index contributed by atoms with van der Waals surface area (Å²) in [6, 6.07) is 5.94. The quantitative estimate of drug-likeness (QED) is 0.572. The molecule has 2 nitrogen and oxygen atoms in total. The van der Waals surface area contributed by atoms with Crippen molar-refractivity contribution in [3.63, 3.8) is 0 Å². The van der Waals surface area contributed by atoms with E-state index in [1.165, 1.54) is 12.1 Å². The molecule has 3 heteroatoms. The van der Waals surface area contributed by atoms with Crippen LogP contribution in [-0.2, 0) is 9.53 Å². The van der Waals surface area contributed by atoms with Crippen molar-refractivity contribution in [3.8, 4) is 0 Å². The third-order valence-corrected chi connectivity index (χ3v) is 2.46. The molecule has 0 saturated carbocycles. The standard InChI is InChI=1S/C16H19FO2/c1-11(2)10-19-13(4)16(18)12(3)9-14-5-7-15(17)8-6-14/h5-9,11H,4,10H2,1-3H3/b12-9+. The Morgan fingerprint density at radius 2 is 1.95 bits per heavy atom. The van der Waals surface area contributed by atoms with Crippen LogP contribution < -0.4 is 0 Å². The average molecular weight is 262 g/mol. The molecule has 102 valence electrons. The van der Waals surface area contributed by atoms with E-state index in [0.717, 1.165) is 5.56 Å². The van der Waals surface area contributed by atoms with E-state index >= 15 is 0 Å². The zero-order chi connectivity index (χ0) is 14.4. The number of carbonyl (C=O) groups is 1. The maximum atomic E-state index is 12.8. The summed E-state index contributed by atoms with van der Waals surface area (Å²) in [6.07, 6.45) is 1.69. The molecule has 0 heterocycles. The summed E-state index contributed by atoms with van der Waals surface area (Å²) >= 11 is 0. The summed E-state index contributed by atoms with van der Waals surface area (Å²) in [5.74, 6) is -0.0497. The molecule has 0 aromatic heterocycles. The first-order chi connectivity index (χ1) is 8.90. The van der Waals surface area contributed by atoms with Crippen LogP contribution in [0, 0.1) is 11.7 Å². The second-order valence-electron chi connectivity index (χ2n) is 4.84. The van der Waals surface area contributed by atoms with E-state index in [0.29, 0.717) is 18.1 Å². The first-order valence-electron chi connectivity index (χ1n) is 6.20. The van der Waals surface area contributed by atoms with Gasteiger partial charge in [-0.2, -0.15) is 0 Å². The van der Waals surface area contributed by atoms with Crippen LogP contribution in [0.4, 0.5) is 4.39 Å². The fraction of sp³-hybridized carbons (Fsp3) is 0.312. The molecule has 1 aromatic carbocycles. The lowest BCUT2D eigenvalue weighted by atomic mass is 10.1. The molecule has 0 bridgehead atoms. The van der Waals surface area contributed by atoms with Gasteiger partial charge in [0.25, 0.3) is 0 Å². The predicted molar refractivity (Wildman–Crippen MR) is 75.0 cm³/mol. The van der Waals surface area contributed by atoms with Gasteiger partial charge < -0.3 is 4.74 Å². The highest BCUT2D eigenvalue weighted by molar-refractivity contribution is 6.08. The number of halogens is 1. The Kier molecular flexibility index (Phi) is 5.49. The number of hydrogen-bond donors (Lipinski definition) is 0. The Labute approximate surface area is 113 Å². The average Bonchev–Trinajstić information content (AvgIpc) is 2.37. The van der Waals surface area contributed by atoms with Crippen LogP contribution in [0.1, 0.15) is 26.3 Å². The van der Waals surface area contributed by atoms with Gasteiger partial charge in [0.1, 0.15) is 5.82 Å². The highest BCUT2D eigenvalue weighted by atomic mass is 19.1. The molecule has 0 saturated heterocycles. The first-order valence-corrected chi connectivity index (χ1v) is 6.20. The van der Waals surface area contributed by atoms with Crippen LogP contribution in [0.3, 0.4) is 0 Å². The molecule has 0 N–H and O–H groups in total. The lowest BCUT2D eigenvalue weighted by Gasteiger charge is -2.10. The van der Waals surface area contributed by atoms with Crippen LogP contribution in [0.15, 0.2) is 42.2 Å². The zero-order valence-corrected chi connectivity index (χ0v) is 11.6. The van der Waals surface area contributed by atoms with Gasteiger partial charge in [-0.3, -0.25) is 4.79 Å². The number of hydrogen-bond acceptors (Lipinski definition) is 2. The fourth-order valence-corrected chi connectivity index (χ4v) is 1.43. The van der Waals surface area contributed by atoms with Crippen molar-refractivity contribution in [3.05, 3.63) is 53.6 Å². The Morgan fingerprint density at radius 3 is 2.47 bits per heavy atom. The molecule has 1 rings (SSSR count). The van der Waals surface area contributed by atoms with E-state index in [-0.39, 0.29) is 17.4 Å². The molecule has 0 radical (unpaired) electrons. The first kappa shape index (κ1) is 15.2. The number of carbonyl (C=O) groups excluding carboxylic acids is 1. The van der Waals surface area contributed by atoms with Gasteiger partial charge in [0, 0.05) is 5.57 Å². The minimum atomic E-state index is -0.300. The van der Waals surface area contributed by atoms with Crippen LogP contribution in [0.2, 0.25) is 0 Å². The van der Waals surface area contributed by atoms with Crippen LogP contribution in [-0.4, -0.2) is 12.4 Å². The molecule has 0 amide bonds. The predicted octanol–water partition coefficient (Wildman–Crippen LogP) is 3.98. The second-order valence-corrected chi connectivity index (χ2v) is 4.84. The summed E-state index contributed by atoms with van der Waals surface area (Å²) in [4.78, 5) is 12.0. The lowest BCUT2D eigenvalue weighted by molar-refractivity contribution is -0.115. The fourth-order valence-electron chi connectivity index (χ4n) is 1.43. The highest BCUT2D eigenvalue weighted by Crippen LogP contribution is 2.12. The Balaban J connectivity index is 2.70. The summed E-state index contributed by atoms with van der Waals surface area (Å²) in [5, 5.41) is 0. The molecular formula is C16H19FO2. The van der Waals surface area contributed by atoms with E-state index in [1.807, 2.05) is 13.8 Å². The maximum Gasteiger partial charge on any atom is 0.222 e. The van der Waals surface area contributed by atoms with Gasteiger partial charge >= 0.3 is 0 Å². The monoisotopic (exact) mass is 262 g/mol. The van der Waals surface area contributed by atoms with Gasteiger partial charge in [-0.1, -0.05) is 32.6 Å². The Hall–Kier alpha value is -1.90. The molecule has 0 fully saturated rings. The lowest BCUT2D eigenvalue weighted by Crippen LogP contribution is -2.10. The minimum absolute atomic E-state index is 0.143. The molecule has 0 unspecified atom stereocenters. The van der Waals surface area contributed by atoms with Gasteiger partial charge in [-0.15, -0.1) is 0 Å². The summed E-state index contributed by atoms with van der Waals surface area (Å²) < 4.78 is 18.1. The SMILES string of the molecule is C=C(OCC(C)C)C(=O)/C(C)=C/c1ccc(F)cc1. The van der Waals surface area contributed by atoms with Crippen LogP contribution >= 0.6 is 0 Å². The Bertz CT molecular complexity index is 484. The van der Waals surface area contributed by atoms with Crippen molar-refractivity contribution >= 4 is 11.9 Å². The molecule has 1 aromatic rings.